The van der Waals surface area contributed by atoms with Gasteiger partial charge in [0, 0.05) is 93.3 Å². The highest BCUT2D eigenvalue weighted by Gasteiger charge is 2.45. The van der Waals surface area contributed by atoms with E-state index in [1.165, 1.54) is 0 Å². The Hall–Kier alpha value is -6.60. The van der Waals surface area contributed by atoms with Gasteiger partial charge >= 0.3 is 6.03 Å². The Morgan fingerprint density at radius 2 is 1.75 bits per heavy atom. The van der Waals surface area contributed by atoms with E-state index in [1.807, 2.05) is 36.1 Å². The first-order valence-corrected chi connectivity index (χ1v) is 19.1. The predicted molar refractivity (Wildman–Crippen MR) is 210 cm³/mol. The van der Waals surface area contributed by atoms with Crippen molar-refractivity contribution >= 4 is 57.6 Å². The molecular weight excluding hydrogens is 729 g/mol. The van der Waals surface area contributed by atoms with E-state index in [9.17, 15) is 29.2 Å². The number of anilines is 3. The van der Waals surface area contributed by atoms with E-state index in [4.69, 9.17) is 4.74 Å². The Morgan fingerprint density at radius 3 is 2.51 bits per heavy atom. The van der Waals surface area contributed by atoms with Crippen molar-refractivity contribution in [2.75, 3.05) is 67.5 Å². The van der Waals surface area contributed by atoms with Crippen molar-refractivity contribution < 1.29 is 28.7 Å². The number of carbonyl (C=O) groups is 5. The number of urea groups is 1. The topological polar surface area (TPSA) is 184 Å². The van der Waals surface area contributed by atoms with Crippen LogP contribution in [0.1, 0.15) is 53.0 Å². The molecule has 0 saturated carbocycles. The molecule has 0 spiro atoms. The molecule has 4 aliphatic heterocycles. The molecule has 3 saturated heterocycles. The van der Waals surface area contributed by atoms with E-state index in [2.05, 4.69) is 48.3 Å². The molecule has 57 heavy (non-hydrogen) atoms. The number of hydrogen-bond acceptors (Lipinski definition) is 12. The molecular formula is C41H42N10O6. The first-order valence-electron chi connectivity index (χ1n) is 19.1. The summed E-state index contributed by atoms with van der Waals surface area (Å²) in [7, 11) is 0. The quantitative estimate of drug-likeness (QED) is 0.250. The number of ether oxygens (including phenoxy) is 1. The molecule has 6 heterocycles. The number of fused-ring (bicyclic) bond motifs is 2. The van der Waals surface area contributed by atoms with Crippen LogP contribution in [0, 0.1) is 11.3 Å². The van der Waals surface area contributed by atoms with Crippen molar-refractivity contribution in [3.8, 4) is 11.9 Å². The Labute approximate surface area is 329 Å². The molecule has 4 aromatic rings. The van der Waals surface area contributed by atoms with Crippen LogP contribution in [0.2, 0.25) is 0 Å². The molecule has 16 nitrogen and oxygen atoms in total. The van der Waals surface area contributed by atoms with Crippen LogP contribution in [0.5, 0.6) is 5.88 Å². The van der Waals surface area contributed by atoms with Crippen molar-refractivity contribution in [1.82, 2.24) is 30.0 Å². The third kappa shape index (κ3) is 7.29. The predicted octanol–water partition coefficient (Wildman–Crippen LogP) is 3.23. The molecule has 3 fully saturated rings. The molecule has 4 aliphatic rings. The van der Waals surface area contributed by atoms with E-state index in [1.54, 1.807) is 42.7 Å². The van der Waals surface area contributed by atoms with Crippen molar-refractivity contribution in [2.24, 2.45) is 0 Å². The maximum atomic E-state index is 13.4. The number of carbonyl (C=O) groups excluding carboxylic acids is 5. The zero-order valence-corrected chi connectivity index (χ0v) is 31.7. The highest BCUT2D eigenvalue weighted by molar-refractivity contribution is 6.23. The summed E-state index contributed by atoms with van der Waals surface area (Å²) in [6.45, 7) is 9.30. The fourth-order valence-electron chi connectivity index (χ4n) is 8.14. The van der Waals surface area contributed by atoms with Gasteiger partial charge < -0.3 is 24.8 Å². The first-order chi connectivity index (χ1) is 27.6. The van der Waals surface area contributed by atoms with Crippen molar-refractivity contribution in [3.63, 3.8) is 0 Å². The number of pyridine rings is 2. The zero-order valence-electron chi connectivity index (χ0n) is 31.7. The lowest BCUT2D eigenvalue weighted by molar-refractivity contribution is -0.136. The van der Waals surface area contributed by atoms with Crippen LogP contribution in [-0.2, 0) is 9.59 Å². The Balaban J connectivity index is 0.790. The number of piperazine rings is 2. The summed E-state index contributed by atoms with van der Waals surface area (Å²) in [5.41, 5.74) is 4.13. The molecule has 6 amide bonds. The minimum absolute atomic E-state index is 0.0248. The molecule has 0 aliphatic carbocycles. The fourth-order valence-corrected chi connectivity index (χ4v) is 8.14. The highest BCUT2D eigenvalue weighted by atomic mass is 16.5. The molecule has 16 heteroatoms. The first kappa shape index (κ1) is 37.3. The number of nitrogens with zero attached hydrogens (tertiary/aromatic N) is 8. The van der Waals surface area contributed by atoms with E-state index in [0.717, 1.165) is 34.8 Å². The molecule has 292 valence electrons. The van der Waals surface area contributed by atoms with Crippen molar-refractivity contribution in [2.45, 2.75) is 44.8 Å². The minimum atomic E-state index is -0.993. The summed E-state index contributed by atoms with van der Waals surface area (Å²) in [6.07, 6.45) is 3.47. The normalized spacial score (nSPS) is 21.4. The number of nitrogens with one attached hydrogen (secondary N) is 2. The van der Waals surface area contributed by atoms with Crippen LogP contribution in [0.15, 0.2) is 67.0 Å². The van der Waals surface area contributed by atoms with Crippen LogP contribution in [0.25, 0.3) is 10.9 Å². The minimum Gasteiger partial charge on any atom is -0.476 e. The van der Waals surface area contributed by atoms with Gasteiger partial charge in [0.25, 0.3) is 11.8 Å². The fraction of sp³-hybridized carbons (Fsp3) is 0.366. The van der Waals surface area contributed by atoms with E-state index in [0.29, 0.717) is 62.0 Å². The number of aromatic nitrogens is 2. The van der Waals surface area contributed by atoms with Crippen molar-refractivity contribution in [3.05, 3.63) is 83.7 Å². The van der Waals surface area contributed by atoms with Gasteiger partial charge in [0.05, 0.1) is 34.1 Å². The summed E-state index contributed by atoms with van der Waals surface area (Å²) in [5, 5.41) is 15.7. The second-order valence-electron chi connectivity index (χ2n) is 14.8. The van der Waals surface area contributed by atoms with Gasteiger partial charge in [0.2, 0.25) is 17.7 Å². The molecule has 2 aromatic carbocycles. The number of piperidine rings is 1. The maximum Gasteiger partial charge on any atom is 0.322 e. The SMILES string of the molecule is C[C@@H]1CN(c2ccc(C#N)c3ncccc23)[C@@H](C)CN1C(=O)Nc1ccc(OCCN2CCN(c3ccc4c(c3)C(=O)N(C3CCC(=O)NC3=O)C4=O)CC2)nc1. The average molecular weight is 771 g/mol. The number of benzene rings is 2. The maximum absolute atomic E-state index is 13.4. The lowest BCUT2D eigenvalue weighted by atomic mass is 10.0. The van der Waals surface area contributed by atoms with Crippen molar-refractivity contribution in [1.29, 1.82) is 5.26 Å². The lowest BCUT2D eigenvalue weighted by Crippen LogP contribution is -2.59. The van der Waals surface area contributed by atoms with Gasteiger partial charge in [-0.3, -0.25) is 39.3 Å². The van der Waals surface area contributed by atoms with Crippen LogP contribution in [0.4, 0.5) is 21.9 Å². The van der Waals surface area contributed by atoms with E-state index >= 15 is 0 Å². The number of amides is 6. The van der Waals surface area contributed by atoms with Crippen LogP contribution in [-0.4, -0.2) is 125 Å². The van der Waals surface area contributed by atoms with Gasteiger partial charge in [-0.25, -0.2) is 9.78 Å². The van der Waals surface area contributed by atoms with Gasteiger partial charge in [-0.05, 0) is 68.8 Å². The molecule has 8 rings (SSSR count). The number of nitriles is 1. The summed E-state index contributed by atoms with van der Waals surface area (Å²) in [4.78, 5) is 82.1. The molecule has 2 aromatic heterocycles. The lowest BCUT2D eigenvalue weighted by Gasteiger charge is -2.45. The third-order valence-corrected chi connectivity index (χ3v) is 11.2. The second kappa shape index (κ2) is 15.5. The highest BCUT2D eigenvalue weighted by Crippen LogP contribution is 2.33. The Morgan fingerprint density at radius 1 is 0.947 bits per heavy atom. The summed E-state index contributed by atoms with van der Waals surface area (Å²) in [5.74, 6) is -1.61. The monoisotopic (exact) mass is 770 g/mol. The van der Waals surface area contributed by atoms with Crippen LogP contribution < -0.4 is 25.2 Å². The third-order valence-electron chi connectivity index (χ3n) is 11.2. The standard InChI is InChI=1S/C41H42N10O6/c1-25-24-50(26(2)23-49(25)33-9-5-27(21-42)37-31(33)4-3-13-43-37)41(56)45-28-6-12-36(44-22-28)57-19-18-47-14-16-48(17-15-47)29-7-8-30-32(20-29)40(55)51(39(30)54)34-10-11-35(52)46-38(34)53/h3-9,12-13,20,22,25-26,34H,10-11,14-19,23-24H2,1-2H3,(H,45,56)(H,46,52,53)/t25-,26+,34?/m0/s1. The number of imide groups is 2. The second-order valence-corrected chi connectivity index (χ2v) is 14.8. The van der Waals surface area contributed by atoms with Gasteiger partial charge in [-0.1, -0.05) is 0 Å². The molecule has 0 radical (unpaired) electrons. The smallest absolute Gasteiger partial charge is 0.322 e. The van der Waals surface area contributed by atoms with E-state index in [-0.39, 0.29) is 42.1 Å². The molecule has 3 atom stereocenters. The molecule has 0 bridgehead atoms. The summed E-state index contributed by atoms with van der Waals surface area (Å²) in [6, 6.07) is 17.3. The number of hydrogen-bond donors (Lipinski definition) is 2. The molecule has 1 unspecified atom stereocenters. The summed E-state index contributed by atoms with van der Waals surface area (Å²) >= 11 is 0. The Bertz CT molecular complexity index is 2300. The van der Waals surface area contributed by atoms with Gasteiger partial charge in [-0.15, -0.1) is 0 Å². The van der Waals surface area contributed by atoms with Crippen LogP contribution in [0.3, 0.4) is 0 Å². The molecule has 2 N–H and O–H groups in total. The van der Waals surface area contributed by atoms with Gasteiger partial charge in [0.1, 0.15) is 18.7 Å². The van der Waals surface area contributed by atoms with Gasteiger partial charge in [0.15, 0.2) is 0 Å². The Kier molecular flexibility index (Phi) is 10.2. The summed E-state index contributed by atoms with van der Waals surface area (Å²) < 4.78 is 5.93. The van der Waals surface area contributed by atoms with Gasteiger partial charge in [-0.2, -0.15) is 5.26 Å². The average Bonchev–Trinajstić information content (AvgIpc) is 3.46. The van der Waals surface area contributed by atoms with E-state index < -0.39 is 29.7 Å². The zero-order chi connectivity index (χ0) is 39.8. The largest absolute Gasteiger partial charge is 0.476 e. The number of rotatable bonds is 8. The van der Waals surface area contributed by atoms with Crippen LogP contribution >= 0.6 is 0 Å².